The Bertz CT molecular complexity index is 651. The highest BCUT2D eigenvalue weighted by atomic mass is 35.5. The monoisotopic (exact) mass is 291 g/mol. The van der Waals surface area contributed by atoms with E-state index in [0.717, 1.165) is 29.8 Å². The molecule has 0 radical (unpaired) electrons. The summed E-state index contributed by atoms with van der Waals surface area (Å²) in [5.41, 5.74) is 10.4. The average Bonchev–Trinajstić information content (AvgIpc) is 2.91. The largest absolute Gasteiger partial charge is 0.488 e. The maximum Gasteiger partial charge on any atom is 0.133 e. The second-order valence-corrected chi connectivity index (χ2v) is 5.59. The third-order valence-electron chi connectivity index (χ3n) is 3.92. The lowest BCUT2D eigenvalue weighted by Gasteiger charge is -2.11. The predicted molar refractivity (Wildman–Crippen MR) is 79.0 cm³/mol. The molecule has 1 atom stereocenters. The molecule has 1 unspecified atom stereocenters. The van der Waals surface area contributed by atoms with Crippen LogP contribution in [0.1, 0.15) is 34.8 Å². The van der Waals surface area contributed by atoms with E-state index < -0.39 is 0 Å². The van der Waals surface area contributed by atoms with Crippen LogP contribution in [0.4, 0.5) is 0 Å². The van der Waals surface area contributed by atoms with Crippen LogP contribution in [0.15, 0.2) is 18.2 Å². The van der Waals surface area contributed by atoms with Gasteiger partial charge in [0.15, 0.2) is 0 Å². The molecule has 2 N–H and O–H groups in total. The Morgan fingerprint density at radius 1 is 1.50 bits per heavy atom. The van der Waals surface area contributed by atoms with E-state index in [-0.39, 0.29) is 6.04 Å². The maximum absolute atomic E-state index is 6.22. The number of hydrogen-bond acceptors (Lipinski definition) is 3. The van der Waals surface area contributed by atoms with Gasteiger partial charge in [-0.3, -0.25) is 4.68 Å². The van der Waals surface area contributed by atoms with E-state index >= 15 is 0 Å². The quantitative estimate of drug-likeness (QED) is 0.946. The molecule has 106 valence electrons. The van der Waals surface area contributed by atoms with Gasteiger partial charge < -0.3 is 10.5 Å². The van der Waals surface area contributed by atoms with Crippen LogP contribution >= 0.6 is 11.6 Å². The van der Waals surface area contributed by atoms with Gasteiger partial charge in [0, 0.05) is 18.7 Å². The van der Waals surface area contributed by atoms with Crippen LogP contribution in [-0.4, -0.2) is 9.78 Å². The lowest BCUT2D eigenvalue weighted by molar-refractivity contribution is 0.302. The molecule has 2 aromatic rings. The van der Waals surface area contributed by atoms with E-state index in [2.05, 4.69) is 11.2 Å². The first-order valence-electron chi connectivity index (χ1n) is 6.76. The predicted octanol–water partition coefficient (Wildman–Crippen LogP) is 2.91. The lowest BCUT2D eigenvalue weighted by atomic mass is 10.1. The molecular weight excluding hydrogens is 274 g/mol. The molecule has 0 saturated heterocycles. The van der Waals surface area contributed by atoms with Gasteiger partial charge in [0.2, 0.25) is 0 Å². The SMILES string of the molecule is Cc1nn(C)c(Cl)c1COc1cccc2c1CCC2N. The van der Waals surface area contributed by atoms with Gasteiger partial charge in [0.25, 0.3) is 0 Å². The van der Waals surface area contributed by atoms with Crippen LogP contribution in [0.25, 0.3) is 0 Å². The summed E-state index contributed by atoms with van der Waals surface area (Å²) in [6.07, 6.45) is 1.97. The van der Waals surface area contributed by atoms with Crippen LogP contribution in [0, 0.1) is 6.92 Å². The molecule has 3 rings (SSSR count). The second kappa shape index (κ2) is 5.11. The number of nitrogens with zero attached hydrogens (tertiary/aromatic N) is 2. The zero-order chi connectivity index (χ0) is 14.3. The van der Waals surface area contributed by atoms with Crippen molar-refractivity contribution in [1.29, 1.82) is 0 Å². The summed E-state index contributed by atoms with van der Waals surface area (Å²) in [6.45, 7) is 2.38. The molecule has 4 nitrogen and oxygen atoms in total. The molecule has 1 aromatic carbocycles. The van der Waals surface area contributed by atoms with Gasteiger partial charge in [-0.25, -0.2) is 0 Å². The molecule has 0 aliphatic heterocycles. The highest BCUT2D eigenvalue weighted by molar-refractivity contribution is 6.30. The number of hydrogen-bond donors (Lipinski definition) is 1. The zero-order valence-electron chi connectivity index (χ0n) is 11.7. The highest BCUT2D eigenvalue weighted by Crippen LogP contribution is 2.36. The maximum atomic E-state index is 6.22. The fourth-order valence-corrected chi connectivity index (χ4v) is 3.00. The van der Waals surface area contributed by atoms with Gasteiger partial charge in [-0.15, -0.1) is 0 Å². The van der Waals surface area contributed by atoms with Gasteiger partial charge in [0.1, 0.15) is 17.5 Å². The van der Waals surface area contributed by atoms with Crippen molar-refractivity contribution < 1.29 is 4.74 Å². The molecule has 5 heteroatoms. The Kier molecular flexibility index (Phi) is 3.44. The minimum Gasteiger partial charge on any atom is -0.488 e. The van der Waals surface area contributed by atoms with Crippen LogP contribution in [-0.2, 0) is 20.1 Å². The van der Waals surface area contributed by atoms with Gasteiger partial charge in [-0.05, 0) is 37.0 Å². The van der Waals surface area contributed by atoms with Crippen LogP contribution in [0.3, 0.4) is 0 Å². The number of fused-ring (bicyclic) bond motifs is 1. The van der Waals surface area contributed by atoms with E-state index in [0.29, 0.717) is 11.8 Å². The number of aryl methyl sites for hydroxylation is 2. The van der Waals surface area contributed by atoms with Crippen molar-refractivity contribution in [2.75, 3.05) is 0 Å². The van der Waals surface area contributed by atoms with Crippen molar-refractivity contribution in [3.63, 3.8) is 0 Å². The van der Waals surface area contributed by atoms with Crippen molar-refractivity contribution in [2.24, 2.45) is 12.8 Å². The first-order chi connectivity index (χ1) is 9.58. The number of ether oxygens (including phenoxy) is 1. The minimum absolute atomic E-state index is 0.136. The topological polar surface area (TPSA) is 53.1 Å². The summed E-state index contributed by atoms with van der Waals surface area (Å²) in [5, 5.41) is 4.92. The van der Waals surface area contributed by atoms with Crippen LogP contribution in [0.5, 0.6) is 5.75 Å². The molecule has 1 aromatic heterocycles. The Labute approximate surface area is 123 Å². The number of rotatable bonds is 3. The van der Waals surface area contributed by atoms with E-state index in [4.69, 9.17) is 22.1 Å². The fraction of sp³-hybridized carbons (Fsp3) is 0.400. The molecular formula is C15H18ClN3O. The first-order valence-corrected chi connectivity index (χ1v) is 7.14. The van der Waals surface area contributed by atoms with E-state index in [1.807, 2.05) is 26.1 Å². The molecule has 1 aliphatic rings. The van der Waals surface area contributed by atoms with Crippen molar-refractivity contribution in [2.45, 2.75) is 32.4 Å². The molecule has 0 fully saturated rings. The van der Waals surface area contributed by atoms with Crippen molar-refractivity contribution in [3.8, 4) is 5.75 Å². The van der Waals surface area contributed by atoms with Gasteiger partial charge in [-0.1, -0.05) is 23.7 Å². The molecule has 1 heterocycles. The van der Waals surface area contributed by atoms with Crippen molar-refractivity contribution in [1.82, 2.24) is 9.78 Å². The third kappa shape index (κ3) is 2.19. The molecule has 0 saturated carbocycles. The Balaban J connectivity index is 1.83. The summed E-state index contributed by atoms with van der Waals surface area (Å²) in [6, 6.07) is 6.22. The normalized spacial score (nSPS) is 17.3. The number of nitrogens with two attached hydrogens (primary N) is 1. The summed E-state index contributed by atoms with van der Waals surface area (Å²) in [5.74, 6) is 0.912. The minimum atomic E-state index is 0.136. The van der Waals surface area contributed by atoms with E-state index in [1.165, 1.54) is 11.1 Å². The van der Waals surface area contributed by atoms with E-state index in [9.17, 15) is 0 Å². The standard InChI is InChI=1S/C15H18ClN3O/c1-9-12(15(16)19(2)18-9)8-20-14-5-3-4-10-11(14)6-7-13(10)17/h3-5,13H,6-8,17H2,1-2H3. The van der Waals surface area contributed by atoms with Gasteiger partial charge >= 0.3 is 0 Å². The highest BCUT2D eigenvalue weighted by Gasteiger charge is 2.22. The summed E-state index contributed by atoms with van der Waals surface area (Å²) < 4.78 is 7.63. The average molecular weight is 292 g/mol. The Morgan fingerprint density at radius 3 is 3.00 bits per heavy atom. The molecule has 0 amide bonds. The Hall–Kier alpha value is -1.52. The van der Waals surface area contributed by atoms with Gasteiger partial charge in [-0.2, -0.15) is 5.10 Å². The smallest absolute Gasteiger partial charge is 0.133 e. The summed E-state index contributed by atoms with van der Waals surface area (Å²) in [7, 11) is 1.83. The second-order valence-electron chi connectivity index (χ2n) is 5.24. The van der Waals surface area contributed by atoms with Crippen molar-refractivity contribution >= 4 is 11.6 Å². The molecule has 1 aliphatic carbocycles. The molecule has 20 heavy (non-hydrogen) atoms. The number of aromatic nitrogens is 2. The first kappa shape index (κ1) is 13.5. The summed E-state index contributed by atoms with van der Waals surface area (Å²) in [4.78, 5) is 0. The summed E-state index contributed by atoms with van der Waals surface area (Å²) >= 11 is 6.22. The third-order valence-corrected chi connectivity index (χ3v) is 4.39. The Morgan fingerprint density at radius 2 is 2.30 bits per heavy atom. The van der Waals surface area contributed by atoms with E-state index in [1.54, 1.807) is 4.68 Å². The lowest BCUT2D eigenvalue weighted by Crippen LogP contribution is -2.05. The van der Waals surface area contributed by atoms with Gasteiger partial charge in [0.05, 0.1) is 5.69 Å². The number of benzene rings is 1. The van der Waals surface area contributed by atoms with Crippen LogP contribution < -0.4 is 10.5 Å². The van der Waals surface area contributed by atoms with Crippen molar-refractivity contribution in [3.05, 3.63) is 45.7 Å². The van der Waals surface area contributed by atoms with Crippen LogP contribution in [0.2, 0.25) is 5.15 Å². The molecule has 0 spiro atoms. The number of halogens is 1. The molecule has 0 bridgehead atoms. The fourth-order valence-electron chi connectivity index (χ4n) is 2.78. The zero-order valence-corrected chi connectivity index (χ0v) is 12.4.